The van der Waals surface area contributed by atoms with E-state index >= 15 is 0 Å². The van der Waals surface area contributed by atoms with Crippen molar-refractivity contribution in [3.8, 4) is 6.07 Å². The maximum Gasteiger partial charge on any atom is 0.237 e. The molecule has 0 radical (unpaired) electrons. The van der Waals surface area contributed by atoms with Crippen LogP contribution in [0.4, 0.5) is 4.39 Å². The molecule has 0 heterocycles. The summed E-state index contributed by atoms with van der Waals surface area (Å²) in [5.41, 5.74) is 0.421. The Labute approximate surface area is 157 Å². The molecule has 0 saturated heterocycles. The minimum Gasteiger partial charge on any atom is -0.332 e. The number of nitriles is 1. The van der Waals surface area contributed by atoms with E-state index in [1.165, 1.54) is 12.1 Å². The van der Waals surface area contributed by atoms with Gasteiger partial charge in [0.2, 0.25) is 5.91 Å². The van der Waals surface area contributed by atoms with Crippen LogP contribution in [-0.2, 0) is 11.3 Å². The van der Waals surface area contributed by atoms with Crippen molar-refractivity contribution in [3.05, 3.63) is 35.6 Å². The molecule has 0 fully saturated rings. The number of hydrogen-bond donors (Lipinski definition) is 0. The lowest BCUT2D eigenvalue weighted by atomic mass is 9.96. The second kappa shape index (κ2) is 9.14. The zero-order valence-corrected chi connectivity index (χ0v) is 17.0. The summed E-state index contributed by atoms with van der Waals surface area (Å²) >= 11 is 0. The Hall–Kier alpha value is -1.93. The maximum absolute atomic E-state index is 13.5. The molecule has 0 aliphatic rings. The Bertz CT molecular complexity index is 638. The van der Waals surface area contributed by atoms with Gasteiger partial charge in [0.15, 0.2) is 0 Å². The van der Waals surface area contributed by atoms with E-state index < -0.39 is 0 Å². The summed E-state index contributed by atoms with van der Waals surface area (Å²) in [4.78, 5) is 16.9. The summed E-state index contributed by atoms with van der Waals surface area (Å²) in [5, 5.41) is 8.90. The number of benzene rings is 1. The molecule has 4 nitrogen and oxygen atoms in total. The lowest BCUT2D eigenvalue weighted by molar-refractivity contribution is -0.138. The van der Waals surface area contributed by atoms with Crippen LogP contribution in [0, 0.1) is 22.6 Å². The van der Waals surface area contributed by atoms with Crippen LogP contribution in [0.15, 0.2) is 24.3 Å². The first-order valence-corrected chi connectivity index (χ1v) is 9.06. The molecule has 5 heteroatoms. The first-order chi connectivity index (χ1) is 11.9. The summed E-state index contributed by atoms with van der Waals surface area (Å²) in [5.74, 6) is -0.309. The third kappa shape index (κ3) is 7.97. The molecule has 144 valence electrons. The highest BCUT2D eigenvalue weighted by Crippen LogP contribution is 2.20. The highest BCUT2D eigenvalue weighted by Gasteiger charge is 2.28. The quantitative estimate of drug-likeness (QED) is 0.731. The highest BCUT2D eigenvalue weighted by molar-refractivity contribution is 5.79. The molecule has 1 rings (SSSR count). The van der Waals surface area contributed by atoms with Crippen LogP contribution in [0.5, 0.6) is 0 Å². The smallest absolute Gasteiger partial charge is 0.237 e. The molecule has 0 unspecified atom stereocenters. The molecule has 26 heavy (non-hydrogen) atoms. The molecule has 0 aliphatic heterocycles. The van der Waals surface area contributed by atoms with Gasteiger partial charge in [0.25, 0.3) is 0 Å². The van der Waals surface area contributed by atoms with E-state index in [9.17, 15) is 9.18 Å². The molecule has 1 aromatic carbocycles. The number of amides is 1. The van der Waals surface area contributed by atoms with Gasteiger partial charge in [0.1, 0.15) is 5.82 Å². The molecule has 0 saturated carbocycles. The Kier molecular flexibility index (Phi) is 7.77. The van der Waals surface area contributed by atoms with Gasteiger partial charge in [-0.1, -0.05) is 32.9 Å². The molecular formula is C21H32FN3O. The third-order valence-corrected chi connectivity index (χ3v) is 3.94. The van der Waals surface area contributed by atoms with E-state index in [1.54, 1.807) is 11.0 Å². The van der Waals surface area contributed by atoms with E-state index in [0.717, 1.165) is 12.1 Å². The highest BCUT2D eigenvalue weighted by atomic mass is 19.1. The third-order valence-electron chi connectivity index (χ3n) is 3.94. The van der Waals surface area contributed by atoms with Crippen molar-refractivity contribution in [1.29, 1.82) is 5.26 Å². The summed E-state index contributed by atoms with van der Waals surface area (Å²) < 4.78 is 13.5. The molecule has 1 amide bonds. The fourth-order valence-electron chi connectivity index (χ4n) is 2.89. The van der Waals surface area contributed by atoms with Crippen LogP contribution < -0.4 is 0 Å². The predicted octanol–water partition coefficient (Wildman–Crippen LogP) is 4.21. The normalized spacial score (nSPS) is 12.1. The van der Waals surface area contributed by atoms with Crippen LogP contribution in [0.25, 0.3) is 0 Å². The van der Waals surface area contributed by atoms with Crippen molar-refractivity contribution in [2.75, 3.05) is 19.6 Å². The van der Waals surface area contributed by atoms with Gasteiger partial charge in [-0.25, -0.2) is 4.39 Å². The van der Waals surface area contributed by atoms with E-state index in [2.05, 4.69) is 26.8 Å². The summed E-state index contributed by atoms with van der Waals surface area (Å²) in [6, 6.07) is 8.52. The van der Waals surface area contributed by atoms with Gasteiger partial charge in [0.05, 0.1) is 12.6 Å². The van der Waals surface area contributed by atoms with Crippen LogP contribution >= 0.6 is 0 Å². The Morgan fingerprint density at radius 2 is 1.85 bits per heavy atom. The number of halogens is 1. The maximum atomic E-state index is 13.5. The Balaban J connectivity index is 2.94. The van der Waals surface area contributed by atoms with Crippen molar-refractivity contribution in [2.24, 2.45) is 5.41 Å². The average molecular weight is 362 g/mol. The van der Waals surface area contributed by atoms with Crippen molar-refractivity contribution < 1.29 is 9.18 Å². The van der Waals surface area contributed by atoms with Crippen molar-refractivity contribution >= 4 is 5.91 Å². The number of rotatable bonds is 7. The van der Waals surface area contributed by atoms with Gasteiger partial charge in [-0.3, -0.25) is 9.69 Å². The zero-order chi connectivity index (χ0) is 20.0. The number of nitrogens with zero attached hydrogens (tertiary/aromatic N) is 3. The van der Waals surface area contributed by atoms with E-state index in [0.29, 0.717) is 19.5 Å². The summed E-state index contributed by atoms with van der Waals surface area (Å²) in [6.45, 7) is 14.2. The molecule has 0 N–H and O–H groups in total. The van der Waals surface area contributed by atoms with Gasteiger partial charge < -0.3 is 4.90 Å². The predicted molar refractivity (Wildman–Crippen MR) is 103 cm³/mol. The number of hydrogen-bond acceptors (Lipinski definition) is 3. The van der Waals surface area contributed by atoms with Gasteiger partial charge in [0, 0.05) is 31.6 Å². The molecular weight excluding hydrogens is 329 g/mol. The number of carbonyl (C=O) groups excluding carboxylic acids is 1. The Morgan fingerprint density at radius 1 is 1.19 bits per heavy atom. The lowest BCUT2D eigenvalue weighted by Crippen LogP contribution is -2.50. The molecule has 1 aromatic rings. The fourth-order valence-corrected chi connectivity index (χ4v) is 2.89. The minimum atomic E-state index is -0.383. The SMILES string of the molecule is CC(C)(C)CN(CCC#N)CC(=O)N(Cc1cccc(F)c1)C(C)(C)C. The van der Waals surface area contributed by atoms with Crippen molar-refractivity contribution in [1.82, 2.24) is 9.80 Å². The van der Waals surface area contributed by atoms with E-state index in [1.807, 2.05) is 31.7 Å². The molecule has 0 aromatic heterocycles. The van der Waals surface area contributed by atoms with Gasteiger partial charge in [-0.2, -0.15) is 5.26 Å². The molecule has 0 bridgehead atoms. The number of carbonyl (C=O) groups is 1. The second-order valence-electron chi connectivity index (χ2n) is 8.96. The topological polar surface area (TPSA) is 47.3 Å². The fraction of sp³-hybridized carbons (Fsp3) is 0.619. The summed E-state index contributed by atoms with van der Waals surface area (Å²) in [7, 11) is 0. The van der Waals surface area contributed by atoms with Crippen LogP contribution in [0.2, 0.25) is 0 Å². The standard InChI is InChI=1S/C21H32FN3O/c1-20(2,3)16-24(12-8-11-23)15-19(26)25(21(4,5)6)14-17-9-7-10-18(22)13-17/h7,9-10,13H,8,12,14-16H2,1-6H3. The average Bonchev–Trinajstić information content (AvgIpc) is 2.47. The molecule has 0 atom stereocenters. The van der Waals surface area contributed by atoms with Crippen molar-refractivity contribution in [3.63, 3.8) is 0 Å². The lowest BCUT2D eigenvalue weighted by Gasteiger charge is -2.38. The summed E-state index contributed by atoms with van der Waals surface area (Å²) in [6.07, 6.45) is 0.392. The molecule has 0 spiro atoms. The van der Waals surface area contributed by atoms with Gasteiger partial charge in [-0.15, -0.1) is 0 Å². The van der Waals surface area contributed by atoms with Crippen molar-refractivity contribution in [2.45, 2.75) is 60.0 Å². The van der Waals surface area contributed by atoms with E-state index in [4.69, 9.17) is 5.26 Å². The second-order valence-corrected chi connectivity index (χ2v) is 8.96. The Morgan fingerprint density at radius 3 is 2.35 bits per heavy atom. The van der Waals surface area contributed by atoms with Gasteiger partial charge in [-0.05, 0) is 43.9 Å². The monoisotopic (exact) mass is 361 g/mol. The van der Waals surface area contributed by atoms with Crippen LogP contribution in [-0.4, -0.2) is 40.9 Å². The first-order valence-electron chi connectivity index (χ1n) is 9.06. The van der Waals surface area contributed by atoms with Crippen LogP contribution in [0.1, 0.15) is 53.5 Å². The largest absolute Gasteiger partial charge is 0.332 e. The van der Waals surface area contributed by atoms with E-state index in [-0.39, 0.29) is 29.2 Å². The minimum absolute atomic E-state index is 0.0102. The van der Waals surface area contributed by atoms with Gasteiger partial charge >= 0.3 is 0 Å². The van der Waals surface area contributed by atoms with Crippen LogP contribution in [0.3, 0.4) is 0 Å². The first kappa shape index (κ1) is 22.1. The molecule has 0 aliphatic carbocycles. The zero-order valence-electron chi connectivity index (χ0n) is 17.0.